The van der Waals surface area contributed by atoms with Crippen molar-refractivity contribution in [3.63, 3.8) is 0 Å². The quantitative estimate of drug-likeness (QED) is 0.681. The summed E-state index contributed by atoms with van der Waals surface area (Å²) in [6, 6.07) is 8.44. The molecular formula is C23H27FN6O. The monoisotopic (exact) mass is 422 g/mol. The largest absolute Gasteiger partial charge is 0.384 e. The number of aromatic nitrogens is 1. The Morgan fingerprint density at radius 1 is 1.35 bits per heavy atom. The Bertz CT molecular complexity index is 1050. The Hall–Kier alpha value is -3.18. The number of pyridine rings is 1. The lowest BCUT2D eigenvalue weighted by atomic mass is 9.84. The van der Waals surface area contributed by atoms with Crippen LogP contribution >= 0.6 is 0 Å². The van der Waals surface area contributed by atoms with Gasteiger partial charge in [-0.3, -0.25) is 9.69 Å². The first kappa shape index (κ1) is 21.1. The van der Waals surface area contributed by atoms with Gasteiger partial charge in [0.25, 0.3) is 0 Å². The van der Waals surface area contributed by atoms with Gasteiger partial charge in [0.1, 0.15) is 23.1 Å². The number of fused-ring (bicyclic) bond motifs is 1. The second-order valence-corrected chi connectivity index (χ2v) is 8.69. The van der Waals surface area contributed by atoms with Crippen LogP contribution in [0.15, 0.2) is 30.5 Å². The van der Waals surface area contributed by atoms with Crippen molar-refractivity contribution in [1.29, 1.82) is 5.26 Å². The minimum absolute atomic E-state index is 0.142. The normalized spacial score (nSPS) is 25.5. The van der Waals surface area contributed by atoms with Gasteiger partial charge in [-0.25, -0.2) is 9.37 Å². The number of halogens is 1. The van der Waals surface area contributed by atoms with Crippen molar-refractivity contribution >= 4 is 23.0 Å². The van der Waals surface area contributed by atoms with Gasteiger partial charge in [-0.2, -0.15) is 5.26 Å². The summed E-state index contributed by atoms with van der Waals surface area (Å²) in [5.74, 6) is -0.504. The number of carbonyl (C=O) groups excluding carboxylic acids is 1. The Balaban J connectivity index is 1.64. The highest BCUT2D eigenvalue weighted by Crippen LogP contribution is 2.46. The fraction of sp³-hybridized carbons (Fsp3) is 0.435. The molecule has 2 aliphatic heterocycles. The van der Waals surface area contributed by atoms with Gasteiger partial charge in [0, 0.05) is 24.2 Å². The van der Waals surface area contributed by atoms with Gasteiger partial charge >= 0.3 is 0 Å². The number of hydrogen-bond donors (Lipinski definition) is 3. The molecule has 1 amide bonds. The molecule has 7 nitrogen and oxygen atoms in total. The topological polar surface area (TPSA) is 93.1 Å². The highest BCUT2D eigenvalue weighted by Gasteiger charge is 2.51. The zero-order chi connectivity index (χ0) is 22.2. The van der Waals surface area contributed by atoms with E-state index in [1.807, 2.05) is 26.0 Å². The Labute approximate surface area is 181 Å². The van der Waals surface area contributed by atoms with Crippen LogP contribution in [0.25, 0.3) is 0 Å². The van der Waals surface area contributed by atoms with Crippen molar-refractivity contribution in [1.82, 2.24) is 9.88 Å². The summed E-state index contributed by atoms with van der Waals surface area (Å²) in [7, 11) is 0. The zero-order valence-corrected chi connectivity index (χ0v) is 18.1. The maximum Gasteiger partial charge on any atom is 0.249 e. The molecule has 3 heterocycles. The SMILES string of the molecule is CCNc1cc(F)cc2c1NC(=O)C2(C)N1CCC[C@@](C)(Nc2ccc(C#N)nc2)C1. The van der Waals surface area contributed by atoms with E-state index in [0.717, 1.165) is 25.1 Å². The third kappa shape index (κ3) is 3.70. The molecular weight excluding hydrogens is 395 g/mol. The lowest BCUT2D eigenvalue weighted by molar-refractivity contribution is -0.128. The van der Waals surface area contributed by atoms with Gasteiger partial charge in [-0.15, -0.1) is 0 Å². The van der Waals surface area contributed by atoms with Crippen molar-refractivity contribution < 1.29 is 9.18 Å². The van der Waals surface area contributed by atoms with Gasteiger partial charge < -0.3 is 16.0 Å². The molecule has 2 aliphatic rings. The van der Waals surface area contributed by atoms with Crippen LogP contribution in [0.2, 0.25) is 0 Å². The number of hydrogen-bond acceptors (Lipinski definition) is 6. The van der Waals surface area contributed by atoms with E-state index in [1.54, 1.807) is 12.3 Å². The molecule has 3 N–H and O–H groups in total. The van der Waals surface area contributed by atoms with Gasteiger partial charge in [0.2, 0.25) is 5.91 Å². The minimum Gasteiger partial charge on any atom is -0.384 e. The van der Waals surface area contributed by atoms with Crippen LogP contribution in [0.5, 0.6) is 0 Å². The summed E-state index contributed by atoms with van der Waals surface area (Å²) in [4.78, 5) is 19.5. The highest BCUT2D eigenvalue weighted by molar-refractivity contribution is 6.08. The molecule has 0 spiro atoms. The van der Waals surface area contributed by atoms with Crippen molar-refractivity contribution in [2.24, 2.45) is 0 Å². The first-order valence-corrected chi connectivity index (χ1v) is 10.6. The molecule has 1 unspecified atom stereocenters. The van der Waals surface area contributed by atoms with Gasteiger partial charge in [0.05, 0.1) is 23.3 Å². The van der Waals surface area contributed by atoms with Crippen LogP contribution in [0.4, 0.5) is 21.5 Å². The molecule has 1 saturated heterocycles. The summed E-state index contributed by atoms with van der Waals surface area (Å²) < 4.78 is 14.4. The standard InChI is InChI=1S/C23H27FN6O/c1-4-26-19-11-15(24)10-18-20(19)28-21(31)23(18,3)30-9-5-8-22(2,14-30)29-17-7-6-16(12-25)27-13-17/h6-7,10-11,13,26,29H,4-5,8-9,14H2,1-3H3,(H,28,31)/t22-,23?/m1/s1. The van der Waals surface area contributed by atoms with Crippen LogP contribution in [-0.2, 0) is 10.3 Å². The first-order chi connectivity index (χ1) is 14.8. The Morgan fingerprint density at radius 2 is 2.16 bits per heavy atom. The van der Waals surface area contributed by atoms with Gasteiger partial charge in [-0.1, -0.05) is 0 Å². The van der Waals surface area contributed by atoms with E-state index >= 15 is 0 Å². The molecule has 0 saturated carbocycles. The molecule has 1 aromatic carbocycles. The molecule has 8 heteroatoms. The molecule has 1 aromatic heterocycles. The molecule has 0 radical (unpaired) electrons. The summed E-state index contributed by atoms with van der Waals surface area (Å²) in [6.45, 7) is 7.89. The number of benzene rings is 1. The summed E-state index contributed by atoms with van der Waals surface area (Å²) in [5, 5.41) is 18.6. The van der Waals surface area contributed by atoms with E-state index in [1.165, 1.54) is 12.1 Å². The van der Waals surface area contributed by atoms with Crippen molar-refractivity contribution in [3.8, 4) is 6.07 Å². The molecule has 2 atom stereocenters. The van der Waals surface area contributed by atoms with Crippen LogP contribution in [-0.4, -0.2) is 41.0 Å². The molecule has 2 aromatic rings. The predicted molar refractivity (Wildman–Crippen MR) is 118 cm³/mol. The van der Waals surface area contributed by atoms with Crippen LogP contribution < -0.4 is 16.0 Å². The molecule has 4 rings (SSSR count). The highest BCUT2D eigenvalue weighted by atomic mass is 19.1. The predicted octanol–water partition coefficient (Wildman–Crippen LogP) is 3.66. The first-order valence-electron chi connectivity index (χ1n) is 10.6. The van der Waals surface area contributed by atoms with Crippen molar-refractivity contribution in [3.05, 3.63) is 47.5 Å². The number of piperidine rings is 1. The van der Waals surface area contributed by atoms with Crippen molar-refractivity contribution in [2.75, 3.05) is 35.6 Å². The average molecular weight is 423 g/mol. The third-order valence-electron chi connectivity index (χ3n) is 6.33. The number of anilines is 3. The van der Waals surface area contributed by atoms with Crippen molar-refractivity contribution in [2.45, 2.75) is 44.7 Å². The number of amides is 1. The maximum absolute atomic E-state index is 14.4. The summed E-state index contributed by atoms with van der Waals surface area (Å²) in [6.07, 6.45) is 3.46. The number of nitrogens with zero attached hydrogens (tertiary/aromatic N) is 3. The summed E-state index contributed by atoms with van der Waals surface area (Å²) in [5.41, 5.74) is 1.85. The molecule has 162 valence electrons. The number of rotatable bonds is 5. The van der Waals surface area contributed by atoms with Crippen LogP contribution in [0, 0.1) is 17.1 Å². The van der Waals surface area contributed by atoms with Gasteiger partial charge in [-0.05, 0) is 64.4 Å². The Kier molecular flexibility index (Phi) is 5.31. The lowest BCUT2D eigenvalue weighted by Crippen LogP contribution is -2.59. The number of carbonyl (C=O) groups is 1. The van der Waals surface area contributed by atoms with E-state index < -0.39 is 5.54 Å². The van der Waals surface area contributed by atoms with Gasteiger partial charge in [0.15, 0.2) is 0 Å². The summed E-state index contributed by atoms with van der Waals surface area (Å²) >= 11 is 0. The molecule has 0 bridgehead atoms. The van der Waals surface area contributed by atoms with E-state index in [0.29, 0.717) is 35.7 Å². The fourth-order valence-electron chi connectivity index (χ4n) is 4.73. The zero-order valence-electron chi connectivity index (χ0n) is 18.1. The van der Waals surface area contributed by atoms with E-state index in [4.69, 9.17) is 5.26 Å². The van der Waals surface area contributed by atoms with E-state index in [-0.39, 0.29) is 17.3 Å². The van der Waals surface area contributed by atoms with Crippen LogP contribution in [0.1, 0.15) is 44.9 Å². The number of likely N-dealkylation sites (tertiary alicyclic amines) is 1. The second-order valence-electron chi connectivity index (χ2n) is 8.69. The molecule has 0 aliphatic carbocycles. The number of nitriles is 1. The smallest absolute Gasteiger partial charge is 0.249 e. The Morgan fingerprint density at radius 3 is 2.84 bits per heavy atom. The average Bonchev–Trinajstić information content (AvgIpc) is 3.00. The lowest BCUT2D eigenvalue weighted by Gasteiger charge is -2.47. The fourth-order valence-corrected chi connectivity index (χ4v) is 4.73. The third-order valence-corrected chi connectivity index (χ3v) is 6.33. The molecule has 1 fully saturated rings. The van der Waals surface area contributed by atoms with E-state index in [2.05, 4.69) is 32.8 Å². The number of nitrogens with one attached hydrogen (secondary N) is 3. The minimum atomic E-state index is -0.964. The maximum atomic E-state index is 14.4. The molecule has 31 heavy (non-hydrogen) atoms. The van der Waals surface area contributed by atoms with E-state index in [9.17, 15) is 9.18 Å². The van der Waals surface area contributed by atoms with Crippen LogP contribution in [0.3, 0.4) is 0 Å². The second kappa shape index (κ2) is 7.82.